The third-order valence-electron chi connectivity index (χ3n) is 4.10. The van der Waals surface area contributed by atoms with Crippen molar-refractivity contribution in [3.63, 3.8) is 0 Å². The third kappa shape index (κ3) is 7.53. The number of carbonyl (C=O) groups excluding carboxylic acids is 3. The van der Waals surface area contributed by atoms with Gasteiger partial charge >= 0.3 is 12.1 Å². The minimum Gasteiger partial charge on any atom is -0.494 e. The predicted molar refractivity (Wildman–Crippen MR) is 109 cm³/mol. The van der Waals surface area contributed by atoms with E-state index in [1.165, 1.54) is 33.2 Å². The summed E-state index contributed by atoms with van der Waals surface area (Å²) < 4.78 is 29.2. The SMILES string of the molecule is CCOC(=O)[C@H](C)NC(=O)C(Cc1ccc(OC)c(F)c1)N(C)C(=O)OC(C)(C)C. The van der Waals surface area contributed by atoms with E-state index >= 15 is 0 Å². The monoisotopic (exact) mass is 426 g/mol. The number of likely N-dealkylation sites (N-methyl/N-ethyl adjacent to an activating group) is 1. The lowest BCUT2D eigenvalue weighted by molar-refractivity contribution is -0.147. The van der Waals surface area contributed by atoms with Gasteiger partial charge in [0.15, 0.2) is 11.6 Å². The molecular weight excluding hydrogens is 395 g/mol. The molecule has 0 aliphatic heterocycles. The van der Waals surface area contributed by atoms with Crippen LogP contribution in [0.2, 0.25) is 0 Å². The Labute approximate surface area is 176 Å². The lowest BCUT2D eigenvalue weighted by Gasteiger charge is -2.30. The average Bonchev–Trinajstić information content (AvgIpc) is 2.64. The molecular formula is C21H31FN2O6. The first-order valence-corrected chi connectivity index (χ1v) is 9.64. The Bertz CT molecular complexity index is 762. The van der Waals surface area contributed by atoms with E-state index in [4.69, 9.17) is 14.2 Å². The highest BCUT2D eigenvalue weighted by Crippen LogP contribution is 2.20. The highest BCUT2D eigenvalue weighted by atomic mass is 19.1. The minimum absolute atomic E-state index is 0.00195. The minimum atomic E-state index is -1.05. The molecule has 1 rings (SSSR count). The van der Waals surface area contributed by atoms with Crippen LogP contribution in [0, 0.1) is 5.82 Å². The Morgan fingerprint density at radius 2 is 1.87 bits per heavy atom. The van der Waals surface area contributed by atoms with Crippen molar-refractivity contribution < 1.29 is 33.0 Å². The topological polar surface area (TPSA) is 94.2 Å². The standard InChI is InChI=1S/C21H31FN2O6/c1-8-29-19(26)13(2)23-18(25)16(24(6)20(27)30-21(3,4)5)12-14-9-10-17(28-7)15(22)11-14/h9-11,13,16H,8,12H2,1-7H3,(H,23,25)/t13-,16?/m0/s1. The zero-order chi connectivity index (χ0) is 23.1. The second-order valence-corrected chi connectivity index (χ2v) is 7.76. The Balaban J connectivity index is 3.11. The van der Waals surface area contributed by atoms with Crippen molar-refractivity contribution in [3.05, 3.63) is 29.6 Å². The van der Waals surface area contributed by atoms with Gasteiger partial charge in [0, 0.05) is 13.5 Å². The molecule has 0 spiro atoms. The van der Waals surface area contributed by atoms with E-state index in [9.17, 15) is 18.8 Å². The smallest absolute Gasteiger partial charge is 0.410 e. The fraction of sp³-hybridized carbons (Fsp3) is 0.571. The number of carbonyl (C=O) groups is 3. The van der Waals surface area contributed by atoms with E-state index in [-0.39, 0.29) is 18.8 Å². The summed E-state index contributed by atoms with van der Waals surface area (Å²) >= 11 is 0. The molecule has 0 aromatic heterocycles. The summed E-state index contributed by atoms with van der Waals surface area (Å²) in [6.07, 6.45) is -0.724. The van der Waals surface area contributed by atoms with Gasteiger partial charge < -0.3 is 19.5 Å². The maximum atomic E-state index is 14.1. The Morgan fingerprint density at radius 3 is 2.37 bits per heavy atom. The quantitative estimate of drug-likeness (QED) is 0.643. The maximum absolute atomic E-state index is 14.1. The number of amides is 2. The van der Waals surface area contributed by atoms with E-state index in [1.807, 2.05) is 0 Å². The van der Waals surface area contributed by atoms with Crippen LogP contribution in [0.25, 0.3) is 0 Å². The number of methoxy groups -OCH3 is 1. The number of rotatable bonds is 8. The molecule has 168 valence electrons. The summed E-state index contributed by atoms with van der Waals surface area (Å²) in [5.41, 5.74) is -0.302. The van der Waals surface area contributed by atoms with Crippen LogP contribution in [0.5, 0.6) is 5.75 Å². The molecule has 0 fully saturated rings. The summed E-state index contributed by atoms with van der Waals surface area (Å²) in [7, 11) is 2.76. The number of esters is 1. The fourth-order valence-electron chi connectivity index (χ4n) is 2.56. The molecule has 0 saturated carbocycles. The van der Waals surface area contributed by atoms with Gasteiger partial charge in [0.25, 0.3) is 0 Å². The summed E-state index contributed by atoms with van der Waals surface area (Å²) in [5, 5.41) is 2.54. The number of ether oxygens (including phenoxy) is 3. The van der Waals surface area contributed by atoms with Gasteiger partial charge in [-0.15, -0.1) is 0 Å². The molecule has 8 nitrogen and oxygen atoms in total. The first-order valence-electron chi connectivity index (χ1n) is 9.64. The van der Waals surface area contributed by atoms with Crippen molar-refractivity contribution in [1.29, 1.82) is 0 Å². The van der Waals surface area contributed by atoms with Crippen molar-refractivity contribution in [1.82, 2.24) is 10.2 Å². The number of hydrogen-bond donors (Lipinski definition) is 1. The van der Waals surface area contributed by atoms with Gasteiger partial charge in [-0.2, -0.15) is 0 Å². The van der Waals surface area contributed by atoms with Crippen LogP contribution in [0.4, 0.5) is 9.18 Å². The number of nitrogens with one attached hydrogen (secondary N) is 1. The Hall–Kier alpha value is -2.84. The molecule has 30 heavy (non-hydrogen) atoms. The summed E-state index contributed by atoms with van der Waals surface area (Å²) in [6, 6.07) is 2.30. The third-order valence-corrected chi connectivity index (χ3v) is 4.10. The van der Waals surface area contributed by atoms with Crippen molar-refractivity contribution in [2.24, 2.45) is 0 Å². The van der Waals surface area contributed by atoms with Gasteiger partial charge in [0.2, 0.25) is 5.91 Å². The van der Waals surface area contributed by atoms with Crippen LogP contribution >= 0.6 is 0 Å². The molecule has 2 amide bonds. The summed E-state index contributed by atoms with van der Waals surface area (Å²) in [4.78, 5) is 38.4. The lowest BCUT2D eigenvalue weighted by atomic mass is 10.0. The highest BCUT2D eigenvalue weighted by molar-refractivity contribution is 5.89. The molecule has 0 saturated heterocycles. The Morgan fingerprint density at radius 1 is 1.23 bits per heavy atom. The van der Waals surface area contributed by atoms with Gasteiger partial charge in [0.1, 0.15) is 17.7 Å². The van der Waals surface area contributed by atoms with Gasteiger partial charge in [-0.1, -0.05) is 6.07 Å². The molecule has 0 heterocycles. The molecule has 0 bridgehead atoms. The van der Waals surface area contributed by atoms with E-state index in [0.29, 0.717) is 5.56 Å². The Kier molecular flexibility index (Phi) is 9.07. The van der Waals surface area contributed by atoms with E-state index in [0.717, 1.165) is 4.90 Å². The van der Waals surface area contributed by atoms with Crippen LogP contribution in [-0.2, 0) is 25.5 Å². The lowest BCUT2D eigenvalue weighted by Crippen LogP contribution is -2.53. The molecule has 2 atom stereocenters. The van der Waals surface area contributed by atoms with Crippen molar-refractivity contribution in [2.75, 3.05) is 20.8 Å². The number of nitrogens with zero attached hydrogens (tertiary/aromatic N) is 1. The zero-order valence-electron chi connectivity index (χ0n) is 18.6. The number of benzene rings is 1. The van der Waals surface area contributed by atoms with Crippen LogP contribution < -0.4 is 10.1 Å². The van der Waals surface area contributed by atoms with Crippen molar-refractivity contribution in [3.8, 4) is 5.75 Å². The predicted octanol–water partition coefficient (Wildman–Crippen LogP) is 2.68. The van der Waals surface area contributed by atoms with Gasteiger partial charge in [-0.25, -0.2) is 14.0 Å². The van der Waals surface area contributed by atoms with Gasteiger partial charge in [-0.05, 0) is 52.3 Å². The summed E-state index contributed by atoms with van der Waals surface area (Å²) in [5.74, 6) is -1.72. The van der Waals surface area contributed by atoms with Crippen molar-refractivity contribution in [2.45, 2.75) is 58.7 Å². The maximum Gasteiger partial charge on any atom is 0.410 e. The highest BCUT2D eigenvalue weighted by Gasteiger charge is 2.32. The summed E-state index contributed by atoms with van der Waals surface area (Å²) in [6.45, 7) is 8.42. The second-order valence-electron chi connectivity index (χ2n) is 7.76. The van der Waals surface area contributed by atoms with Crippen molar-refractivity contribution >= 4 is 18.0 Å². The average molecular weight is 426 g/mol. The molecule has 1 aromatic rings. The fourth-order valence-corrected chi connectivity index (χ4v) is 2.56. The molecule has 1 aromatic carbocycles. The first kappa shape index (κ1) is 25.2. The number of halogens is 1. The van der Waals surface area contributed by atoms with Crippen LogP contribution in [0.15, 0.2) is 18.2 Å². The van der Waals surface area contributed by atoms with E-state index in [2.05, 4.69) is 5.32 Å². The first-order chi connectivity index (χ1) is 13.9. The molecule has 0 radical (unpaired) electrons. The van der Waals surface area contributed by atoms with Crippen LogP contribution in [0.3, 0.4) is 0 Å². The molecule has 1 unspecified atom stereocenters. The normalized spacial score (nSPS) is 13.1. The largest absolute Gasteiger partial charge is 0.494 e. The number of hydrogen-bond acceptors (Lipinski definition) is 6. The molecule has 1 N–H and O–H groups in total. The van der Waals surface area contributed by atoms with E-state index < -0.39 is 41.5 Å². The van der Waals surface area contributed by atoms with Crippen LogP contribution in [-0.4, -0.2) is 61.3 Å². The van der Waals surface area contributed by atoms with Crippen LogP contribution in [0.1, 0.15) is 40.2 Å². The molecule has 0 aliphatic rings. The second kappa shape index (κ2) is 10.8. The zero-order valence-corrected chi connectivity index (χ0v) is 18.6. The van der Waals surface area contributed by atoms with E-state index in [1.54, 1.807) is 33.8 Å². The molecule has 9 heteroatoms. The van der Waals surface area contributed by atoms with Gasteiger partial charge in [0.05, 0.1) is 13.7 Å². The molecule has 0 aliphatic carbocycles. The van der Waals surface area contributed by atoms with Gasteiger partial charge in [-0.3, -0.25) is 9.69 Å².